The largest absolute Gasteiger partial charge is 0.352 e. The summed E-state index contributed by atoms with van der Waals surface area (Å²) in [4.78, 5) is 12.4. The lowest BCUT2D eigenvalue weighted by Crippen LogP contribution is -2.27. The molecule has 0 bridgehead atoms. The van der Waals surface area contributed by atoms with Gasteiger partial charge in [-0.25, -0.2) is 17.2 Å². The maximum Gasteiger partial charge on any atom is 0.261 e. The molecule has 5 nitrogen and oxygen atoms in total. The van der Waals surface area contributed by atoms with E-state index in [1.54, 1.807) is 30.3 Å². The molecule has 3 aromatic carbocycles. The van der Waals surface area contributed by atoms with E-state index in [0.717, 1.165) is 24.3 Å². The first kappa shape index (κ1) is 20.5. The highest BCUT2D eigenvalue weighted by molar-refractivity contribution is 7.92. The lowest BCUT2D eigenvalue weighted by Gasteiger charge is -2.13. The Morgan fingerprint density at radius 2 is 1.52 bits per heavy atom. The van der Waals surface area contributed by atoms with Gasteiger partial charge in [0, 0.05) is 6.54 Å². The van der Waals surface area contributed by atoms with E-state index in [2.05, 4.69) is 10.0 Å². The summed E-state index contributed by atoms with van der Waals surface area (Å²) < 4.78 is 54.1. The Balaban J connectivity index is 1.72. The number of hydrogen-bond acceptors (Lipinski definition) is 3. The standard InChI is InChI=1S/C21H18F2N2O3S/c22-16-9-11-17(12-10-16)29(27,28)25-20-8-4-2-6-18(20)21(26)24-14-13-15-5-1-3-7-19(15)23/h1-12,25H,13-14H2,(H,24,26). The van der Waals surface area contributed by atoms with Crippen LogP contribution >= 0.6 is 0 Å². The Kier molecular flexibility index (Phi) is 6.23. The predicted octanol–water partition coefficient (Wildman–Crippen LogP) is 3.74. The van der Waals surface area contributed by atoms with E-state index >= 15 is 0 Å². The van der Waals surface area contributed by atoms with E-state index in [1.165, 1.54) is 18.2 Å². The summed E-state index contributed by atoms with van der Waals surface area (Å²) in [7, 11) is -4.00. The van der Waals surface area contributed by atoms with Crippen LogP contribution in [0, 0.1) is 11.6 Å². The quantitative estimate of drug-likeness (QED) is 0.616. The molecular formula is C21H18F2N2O3S. The van der Waals surface area contributed by atoms with Gasteiger partial charge < -0.3 is 5.32 Å². The maximum atomic E-state index is 13.7. The molecule has 1 amide bonds. The van der Waals surface area contributed by atoms with Gasteiger partial charge >= 0.3 is 0 Å². The number of carbonyl (C=O) groups is 1. The van der Waals surface area contributed by atoms with Crippen LogP contribution in [0.5, 0.6) is 0 Å². The van der Waals surface area contributed by atoms with Gasteiger partial charge in [0.1, 0.15) is 11.6 Å². The second-order valence-electron chi connectivity index (χ2n) is 6.20. The molecule has 8 heteroatoms. The van der Waals surface area contributed by atoms with Crippen molar-refractivity contribution in [2.24, 2.45) is 0 Å². The third kappa shape index (κ3) is 5.17. The average Bonchev–Trinajstić information content (AvgIpc) is 2.70. The zero-order chi connectivity index (χ0) is 20.9. The van der Waals surface area contributed by atoms with Crippen molar-refractivity contribution in [2.45, 2.75) is 11.3 Å². The van der Waals surface area contributed by atoms with Crippen LogP contribution in [0.25, 0.3) is 0 Å². The minimum absolute atomic E-state index is 0.0835. The van der Waals surface area contributed by atoms with Crippen LogP contribution in [0.2, 0.25) is 0 Å². The van der Waals surface area contributed by atoms with Crippen LogP contribution < -0.4 is 10.0 Å². The van der Waals surface area contributed by atoms with Crippen molar-refractivity contribution >= 4 is 21.6 Å². The van der Waals surface area contributed by atoms with Gasteiger partial charge in [-0.3, -0.25) is 9.52 Å². The third-order valence-electron chi connectivity index (χ3n) is 4.18. The summed E-state index contributed by atoms with van der Waals surface area (Å²) in [5.74, 6) is -1.41. The van der Waals surface area contributed by atoms with E-state index in [-0.39, 0.29) is 28.5 Å². The molecule has 0 aromatic heterocycles. The lowest BCUT2D eigenvalue weighted by molar-refractivity contribution is 0.0955. The van der Waals surface area contributed by atoms with Gasteiger partial charge in [0.15, 0.2) is 0 Å². The fraction of sp³-hybridized carbons (Fsp3) is 0.0952. The number of para-hydroxylation sites is 1. The molecule has 0 aliphatic carbocycles. The van der Waals surface area contributed by atoms with Gasteiger partial charge in [-0.15, -0.1) is 0 Å². The van der Waals surface area contributed by atoms with Gasteiger partial charge in [-0.1, -0.05) is 30.3 Å². The topological polar surface area (TPSA) is 75.3 Å². The van der Waals surface area contributed by atoms with E-state index in [9.17, 15) is 22.0 Å². The number of nitrogens with one attached hydrogen (secondary N) is 2. The number of hydrogen-bond donors (Lipinski definition) is 2. The first-order valence-electron chi connectivity index (χ1n) is 8.76. The third-order valence-corrected chi connectivity index (χ3v) is 5.56. The summed E-state index contributed by atoms with van der Waals surface area (Å²) in [6.07, 6.45) is 0.294. The summed E-state index contributed by atoms with van der Waals surface area (Å²) in [6.45, 7) is 0.179. The molecule has 0 spiro atoms. The molecule has 0 unspecified atom stereocenters. The summed E-state index contributed by atoms with van der Waals surface area (Å²) in [5.41, 5.74) is 0.671. The fourth-order valence-electron chi connectivity index (χ4n) is 2.69. The second-order valence-corrected chi connectivity index (χ2v) is 7.88. The molecule has 3 rings (SSSR count). The van der Waals surface area contributed by atoms with E-state index in [4.69, 9.17) is 0 Å². The van der Waals surface area contributed by atoms with Gasteiger partial charge in [0.05, 0.1) is 16.1 Å². The number of halogens is 2. The van der Waals surface area contributed by atoms with Crippen molar-refractivity contribution in [1.82, 2.24) is 5.32 Å². The van der Waals surface area contributed by atoms with Gasteiger partial charge in [-0.05, 0) is 54.4 Å². The Hall–Kier alpha value is -3.26. The number of carbonyl (C=O) groups excluding carboxylic acids is 1. The fourth-order valence-corrected chi connectivity index (χ4v) is 3.77. The van der Waals surface area contributed by atoms with Gasteiger partial charge in [0.2, 0.25) is 0 Å². The van der Waals surface area contributed by atoms with Crippen molar-refractivity contribution < 1.29 is 22.0 Å². The molecule has 0 aliphatic heterocycles. The number of rotatable bonds is 7. The Bertz CT molecular complexity index is 1120. The van der Waals surface area contributed by atoms with Crippen LogP contribution in [-0.4, -0.2) is 20.9 Å². The monoisotopic (exact) mass is 416 g/mol. The van der Waals surface area contributed by atoms with Crippen LogP contribution in [0.3, 0.4) is 0 Å². The van der Waals surface area contributed by atoms with Crippen molar-refractivity contribution in [2.75, 3.05) is 11.3 Å². The Labute approximate surface area is 167 Å². The Morgan fingerprint density at radius 1 is 0.862 bits per heavy atom. The van der Waals surface area contributed by atoms with E-state index in [1.807, 2.05) is 0 Å². The SMILES string of the molecule is O=C(NCCc1ccccc1F)c1ccccc1NS(=O)(=O)c1ccc(F)cc1. The first-order valence-corrected chi connectivity index (χ1v) is 10.2. The van der Waals surface area contributed by atoms with Crippen molar-refractivity contribution in [3.05, 3.63) is 95.6 Å². The molecule has 0 saturated heterocycles. The Morgan fingerprint density at radius 3 is 2.24 bits per heavy atom. The molecule has 0 aliphatic rings. The highest BCUT2D eigenvalue weighted by Crippen LogP contribution is 2.20. The van der Waals surface area contributed by atoms with E-state index in [0.29, 0.717) is 12.0 Å². The highest BCUT2D eigenvalue weighted by Gasteiger charge is 2.18. The van der Waals surface area contributed by atoms with Crippen molar-refractivity contribution in [1.29, 1.82) is 0 Å². The first-order chi connectivity index (χ1) is 13.9. The second kappa shape index (κ2) is 8.83. The molecule has 150 valence electrons. The number of sulfonamides is 1. The molecule has 0 saturated carbocycles. The minimum Gasteiger partial charge on any atom is -0.352 e. The summed E-state index contributed by atoms with van der Waals surface area (Å²) in [5, 5.41) is 2.66. The molecular weight excluding hydrogens is 398 g/mol. The highest BCUT2D eigenvalue weighted by atomic mass is 32.2. The maximum absolute atomic E-state index is 13.7. The normalized spacial score (nSPS) is 11.1. The van der Waals surface area contributed by atoms with Crippen LogP contribution in [0.15, 0.2) is 77.7 Å². The number of amides is 1. The predicted molar refractivity (Wildman–Crippen MR) is 106 cm³/mol. The zero-order valence-electron chi connectivity index (χ0n) is 15.2. The van der Waals surface area contributed by atoms with Crippen molar-refractivity contribution in [3.63, 3.8) is 0 Å². The average molecular weight is 416 g/mol. The van der Waals surface area contributed by atoms with Gasteiger partial charge in [-0.2, -0.15) is 0 Å². The van der Waals surface area contributed by atoms with Gasteiger partial charge in [0.25, 0.3) is 15.9 Å². The zero-order valence-corrected chi connectivity index (χ0v) is 16.0. The molecule has 0 atom stereocenters. The smallest absolute Gasteiger partial charge is 0.261 e. The molecule has 29 heavy (non-hydrogen) atoms. The molecule has 0 heterocycles. The van der Waals surface area contributed by atoms with Crippen LogP contribution in [0.4, 0.5) is 14.5 Å². The molecule has 0 radical (unpaired) electrons. The molecule has 2 N–H and O–H groups in total. The van der Waals surface area contributed by atoms with E-state index < -0.39 is 21.7 Å². The minimum atomic E-state index is -4.00. The lowest BCUT2D eigenvalue weighted by atomic mass is 10.1. The van der Waals surface area contributed by atoms with Crippen molar-refractivity contribution in [3.8, 4) is 0 Å². The summed E-state index contributed by atoms with van der Waals surface area (Å²) >= 11 is 0. The number of benzene rings is 3. The van der Waals surface area contributed by atoms with Crippen LogP contribution in [0.1, 0.15) is 15.9 Å². The summed E-state index contributed by atoms with van der Waals surface area (Å²) in [6, 6.07) is 16.7. The molecule has 0 fully saturated rings. The molecule has 3 aromatic rings. The van der Waals surface area contributed by atoms with Crippen LogP contribution in [-0.2, 0) is 16.4 Å². The number of anilines is 1.